The Morgan fingerprint density at radius 3 is 2.67 bits per heavy atom. The third-order valence-electron chi connectivity index (χ3n) is 3.88. The van der Waals surface area contributed by atoms with Crippen LogP contribution in [0.2, 0.25) is 5.02 Å². The first-order valence-electron chi connectivity index (χ1n) is 7.06. The Bertz CT molecular complexity index is 667. The number of nitrogens with two attached hydrogens (primary N) is 1. The first kappa shape index (κ1) is 14.1. The Balaban J connectivity index is 2.04. The van der Waals surface area contributed by atoms with Gasteiger partial charge in [-0.05, 0) is 30.2 Å². The Morgan fingerprint density at radius 1 is 1.19 bits per heavy atom. The maximum absolute atomic E-state index is 6.26. The molecule has 108 valence electrons. The van der Waals surface area contributed by atoms with Crippen LogP contribution in [0.4, 0.5) is 5.69 Å². The summed E-state index contributed by atoms with van der Waals surface area (Å²) >= 11 is 6.26. The molecule has 4 heteroatoms. The molecule has 0 aromatic heterocycles. The fraction of sp³-hybridized carbons (Fsp3) is 0.235. The largest absolute Gasteiger partial charge is 0.325 e. The minimum atomic E-state index is 0.182. The van der Waals surface area contributed by atoms with Crippen LogP contribution in [0.5, 0.6) is 0 Å². The van der Waals surface area contributed by atoms with Gasteiger partial charge in [-0.1, -0.05) is 48.0 Å². The first-order chi connectivity index (χ1) is 10.2. The van der Waals surface area contributed by atoms with Gasteiger partial charge in [0.05, 0.1) is 17.4 Å². The summed E-state index contributed by atoms with van der Waals surface area (Å²) < 4.78 is 0. The quantitative estimate of drug-likeness (QED) is 0.933. The lowest BCUT2D eigenvalue weighted by molar-refractivity contribution is 0.706. The maximum atomic E-state index is 6.26. The van der Waals surface area contributed by atoms with Gasteiger partial charge in [-0.15, -0.1) is 0 Å². The molecule has 2 aromatic rings. The van der Waals surface area contributed by atoms with E-state index >= 15 is 0 Å². The number of halogens is 1. The highest BCUT2D eigenvalue weighted by Crippen LogP contribution is 2.38. The topological polar surface area (TPSA) is 41.6 Å². The zero-order valence-electron chi connectivity index (χ0n) is 12.0. The van der Waals surface area contributed by atoms with Gasteiger partial charge in [0.2, 0.25) is 0 Å². The van der Waals surface area contributed by atoms with E-state index in [1.165, 1.54) is 5.56 Å². The number of nitrogens with zero attached hydrogens (tertiary/aromatic N) is 2. The molecule has 0 fully saturated rings. The van der Waals surface area contributed by atoms with E-state index in [-0.39, 0.29) is 6.04 Å². The molecule has 0 spiro atoms. The Hall–Kier alpha value is -1.84. The molecule has 3 nitrogen and oxygen atoms in total. The van der Waals surface area contributed by atoms with Gasteiger partial charge in [0, 0.05) is 18.0 Å². The predicted molar refractivity (Wildman–Crippen MR) is 89.0 cm³/mol. The van der Waals surface area contributed by atoms with Gasteiger partial charge in [0.25, 0.3) is 0 Å². The van der Waals surface area contributed by atoms with Crippen molar-refractivity contribution in [2.45, 2.75) is 19.4 Å². The van der Waals surface area contributed by atoms with E-state index in [1.54, 1.807) is 0 Å². The zero-order valence-corrected chi connectivity index (χ0v) is 12.7. The summed E-state index contributed by atoms with van der Waals surface area (Å²) in [6.45, 7) is 2.51. The standard InChI is InChI=1S/C17H18ClN3/c1-12-15(18)8-5-9-16(12)21-17(10-14(11-19)20-21)13-6-3-2-4-7-13/h2-9,17H,10-11,19H2,1H3. The molecule has 0 radical (unpaired) electrons. The van der Waals surface area contributed by atoms with Crippen molar-refractivity contribution in [3.63, 3.8) is 0 Å². The second kappa shape index (κ2) is 5.88. The third kappa shape index (κ3) is 2.67. The molecule has 1 heterocycles. The van der Waals surface area contributed by atoms with Crippen LogP contribution in [0.25, 0.3) is 0 Å². The van der Waals surface area contributed by atoms with Crippen molar-refractivity contribution < 1.29 is 0 Å². The zero-order chi connectivity index (χ0) is 14.8. The summed E-state index contributed by atoms with van der Waals surface area (Å²) in [5.41, 5.74) is 10.1. The van der Waals surface area contributed by atoms with Crippen LogP contribution in [0.15, 0.2) is 53.6 Å². The summed E-state index contributed by atoms with van der Waals surface area (Å²) in [4.78, 5) is 0. The van der Waals surface area contributed by atoms with Crippen molar-refractivity contribution in [3.05, 3.63) is 64.7 Å². The average molecular weight is 300 g/mol. The fourth-order valence-corrected chi connectivity index (χ4v) is 2.87. The van der Waals surface area contributed by atoms with Crippen molar-refractivity contribution in [1.82, 2.24) is 0 Å². The number of hydrogen-bond donors (Lipinski definition) is 1. The van der Waals surface area contributed by atoms with Crippen molar-refractivity contribution in [2.24, 2.45) is 10.8 Å². The molecule has 2 N–H and O–H groups in total. The minimum Gasteiger partial charge on any atom is -0.325 e. The van der Waals surface area contributed by atoms with Gasteiger partial charge in [-0.25, -0.2) is 0 Å². The fourth-order valence-electron chi connectivity index (χ4n) is 2.70. The highest BCUT2D eigenvalue weighted by molar-refractivity contribution is 6.31. The summed E-state index contributed by atoms with van der Waals surface area (Å²) in [5.74, 6) is 0. The molecule has 3 rings (SSSR count). The van der Waals surface area contributed by atoms with Gasteiger partial charge in [0.15, 0.2) is 0 Å². The molecule has 1 aliphatic heterocycles. The SMILES string of the molecule is Cc1c(Cl)cccc1N1N=C(CN)CC1c1ccccc1. The van der Waals surface area contributed by atoms with Crippen LogP contribution < -0.4 is 10.7 Å². The first-order valence-corrected chi connectivity index (χ1v) is 7.44. The highest BCUT2D eigenvalue weighted by Gasteiger charge is 2.29. The van der Waals surface area contributed by atoms with Gasteiger partial charge in [-0.3, -0.25) is 5.01 Å². The Morgan fingerprint density at radius 2 is 1.95 bits per heavy atom. The smallest absolute Gasteiger partial charge is 0.0828 e. The lowest BCUT2D eigenvalue weighted by Gasteiger charge is -2.25. The average Bonchev–Trinajstić information content (AvgIpc) is 2.95. The third-order valence-corrected chi connectivity index (χ3v) is 4.29. The second-order valence-electron chi connectivity index (χ2n) is 5.23. The lowest BCUT2D eigenvalue weighted by atomic mass is 10.0. The molecule has 21 heavy (non-hydrogen) atoms. The molecule has 1 unspecified atom stereocenters. The van der Waals surface area contributed by atoms with Gasteiger partial charge in [-0.2, -0.15) is 5.10 Å². The van der Waals surface area contributed by atoms with Crippen molar-refractivity contribution in [1.29, 1.82) is 0 Å². The summed E-state index contributed by atoms with van der Waals surface area (Å²) in [7, 11) is 0. The number of hydrazone groups is 1. The van der Waals surface area contributed by atoms with Crippen LogP contribution in [0.3, 0.4) is 0 Å². The van der Waals surface area contributed by atoms with E-state index in [0.717, 1.165) is 28.4 Å². The monoisotopic (exact) mass is 299 g/mol. The van der Waals surface area contributed by atoms with E-state index < -0.39 is 0 Å². The summed E-state index contributed by atoms with van der Waals surface area (Å²) in [5, 5.41) is 7.52. The number of rotatable bonds is 3. The predicted octanol–water partition coefficient (Wildman–Crippen LogP) is 3.91. The van der Waals surface area contributed by atoms with E-state index in [4.69, 9.17) is 22.4 Å². The molecule has 0 saturated heterocycles. The molecule has 0 bridgehead atoms. The van der Waals surface area contributed by atoms with Gasteiger partial charge < -0.3 is 5.73 Å². The van der Waals surface area contributed by atoms with E-state index in [2.05, 4.69) is 35.3 Å². The molecular formula is C17H18ClN3. The van der Waals surface area contributed by atoms with Crippen molar-refractivity contribution in [3.8, 4) is 0 Å². The Kier molecular flexibility index (Phi) is 3.95. The van der Waals surface area contributed by atoms with Crippen LogP contribution in [0, 0.1) is 6.92 Å². The van der Waals surface area contributed by atoms with Gasteiger partial charge >= 0.3 is 0 Å². The molecule has 1 atom stereocenters. The molecule has 0 aliphatic carbocycles. The lowest BCUT2D eigenvalue weighted by Crippen LogP contribution is -2.19. The van der Waals surface area contributed by atoms with E-state index in [1.807, 2.05) is 25.1 Å². The second-order valence-corrected chi connectivity index (χ2v) is 5.64. The van der Waals surface area contributed by atoms with Gasteiger partial charge in [0.1, 0.15) is 0 Å². The molecule has 2 aromatic carbocycles. The van der Waals surface area contributed by atoms with E-state index in [9.17, 15) is 0 Å². The molecule has 0 saturated carbocycles. The van der Waals surface area contributed by atoms with Crippen molar-refractivity contribution in [2.75, 3.05) is 11.6 Å². The van der Waals surface area contributed by atoms with E-state index in [0.29, 0.717) is 6.54 Å². The summed E-state index contributed by atoms with van der Waals surface area (Å²) in [6, 6.07) is 16.5. The van der Waals surface area contributed by atoms with Crippen LogP contribution >= 0.6 is 11.6 Å². The van der Waals surface area contributed by atoms with Crippen LogP contribution in [0.1, 0.15) is 23.6 Å². The van der Waals surface area contributed by atoms with Crippen molar-refractivity contribution >= 4 is 23.0 Å². The van der Waals surface area contributed by atoms with Crippen LogP contribution in [-0.2, 0) is 0 Å². The molecular weight excluding hydrogens is 282 g/mol. The Labute approximate surface area is 130 Å². The van der Waals surface area contributed by atoms with Crippen LogP contribution in [-0.4, -0.2) is 12.3 Å². The summed E-state index contributed by atoms with van der Waals surface area (Å²) in [6.07, 6.45) is 0.854. The molecule has 1 aliphatic rings. The highest BCUT2D eigenvalue weighted by atomic mass is 35.5. The maximum Gasteiger partial charge on any atom is 0.0828 e. The minimum absolute atomic E-state index is 0.182. The number of benzene rings is 2. The number of hydrogen-bond acceptors (Lipinski definition) is 3. The normalized spacial score (nSPS) is 18.0. The molecule has 0 amide bonds. The number of anilines is 1.